The molecule has 1 N–H and O–H groups in total. The highest BCUT2D eigenvalue weighted by Crippen LogP contribution is 2.13. The summed E-state index contributed by atoms with van der Waals surface area (Å²) < 4.78 is 0. The van der Waals surface area contributed by atoms with E-state index in [9.17, 15) is 19.2 Å². The predicted octanol–water partition coefficient (Wildman–Crippen LogP) is 0.544. The van der Waals surface area contributed by atoms with Crippen molar-refractivity contribution in [1.82, 2.24) is 15.1 Å². The normalized spacial score (nSPS) is 14.0. The van der Waals surface area contributed by atoms with Gasteiger partial charge in [-0.05, 0) is 17.7 Å². The molecule has 2 rings (SSSR count). The Morgan fingerprint density at radius 3 is 2.25 bits per heavy atom. The lowest BCUT2D eigenvalue weighted by Gasteiger charge is -2.19. The highest BCUT2D eigenvalue weighted by atomic mass is 16.2. The molecule has 0 saturated carbocycles. The van der Waals surface area contributed by atoms with Crippen molar-refractivity contribution in [1.29, 1.82) is 0 Å². The van der Waals surface area contributed by atoms with Gasteiger partial charge in [0.1, 0.15) is 0 Å². The molecule has 1 saturated heterocycles. The summed E-state index contributed by atoms with van der Waals surface area (Å²) in [7, 11) is 3.24. The van der Waals surface area contributed by atoms with Gasteiger partial charge in [-0.2, -0.15) is 0 Å². The fourth-order valence-electron chi connectivity index (χ4n) is 2.54. The first kappa shape index (κ1) is 17.7. The first-order valence-corrected chi connectivity index (χ1v) is 7.80. The van der Waals surface area contributed by atoms with Crippen molar-refractivity contribution in [3.63, 3.8) is 0 Å². The summed E-state index contributed by atoms with van der Waals surface area (Å²) in [4.78, 5) is 49.4. The van der Waals surface area contributed by atoms with Crippen LogP contribution in [0.5, 0.6) is 0 Å². The molecule has 24 heavy (non-hydrogen) atoms. The van der Waals surface area contributed by atoms with Gasteiger partial charge in [0.2, 0.25) is 17.7 Å². The molecule has 7 heteroatoms. The maximum atomic E-state index is 12.2. The molecule has 128 valence electrons. The van der Waals surface area contributed by atoms with E-state index >= 15 is 0 Å². The second-order valence-corrected chi connectivity index (χ2v) is 5.71. The Balaban J connectivity index is 1.86. The molecule has 1 aliphatic rings. The number of benzene rings is 1. The van der Waals surface area contributed by atoms with E-state index < -0.39 is 0 Å². The SMILES string of the molecule is CNC(=O)c1ccc(CN(C)C(=O)CCN2C(=O)CCC2=O)cc1. The molecule has 1 aromatic carbocycles. The van der Waals surface area contributed by atoms with Gasteiger partial charge in [0.15, 0.2) is 0 Å². The van der Waals surface area contributed by atoms with Crippen molar-refractivity contribution < 1.29 is 19.2 Å². The smallest absolute Gasteiger partial charge is 0.251 e. The minimum absolute atomic E-state index is 0.115. The molecule has 0 atom stereocenters. The molecule has 0 bridgehead atoms. The molecular formula is C17H21N3O4. The summed E-state index contributed by atoms with van der Waals surface area (Å²) in [5.74, 6) is -0.718. The fraction of sp³-hybridized carbons (Fsp3) is 0.412. The Morgan fingerprint density at radius 2 is 1.71 bits per heavy atom. The molecule has 1 fully saturated rings. The van der Waals surface area contributed by atoms with E-state index in [1.54, 1.807) is 43.3 Å². The molecule has 0 unspecified atom stereocenters. The maximum Gasteiger partial charge on any atom is 0.251 e. The first-order chi connectivity index (χ1) is 11.4. The number of hydrogen-bond donors (Lipinski definition) is 1. The summed E-state index contributed by atoms with van der Waals surface area (Å²) in [5.41, 5.74) is 1.45. The molecule has 0 aromatic heterocycles. The molecule has 0 aliphatic carbocycles. The average molecular weight is 331 g/mol. The van der Waals surface area contributed by atoms with Crippen molar-refractivity contribution in [3.8, 4) is 0 Å². The average Bonchev–Trinajstić information content (AvgIpc) is 2.90. The number of carbonyl (C=O) groups excluding carboxylic acids is 4. The third-order valence-electron chi connectivity index (χ3n) is 3.99. The standard InChI is InChI=1S/C17H21N3O4/c1-18-17(24)13-5-3-12(4-6-13)11-19(2)14(21)9-10-20-15(22)7-8-16(20)23/h3-6H,7-11H2,1-2H3,(H,18,24). The van der Waals surface area contributed by atoms with Crippen LogP contribution in [-0.4, -0.2) is 54.1 Å². The molecule has 0 spiro atoms. The topological polar surface area (TPSA) is 86.8 Å². The van der Waals surface area contributed by atoms with Crippen LogP contribution in [-0.2, 0) is 20.9 Å². The molecular weight excluding hydrogens is 310 g/mol. The van der Waals surface area contributed by atoms with Crippen molar-refractivity contribution in [2.75, 3.05) is 20.6 Å². The summed E-state index contributed by atoms with van der Waals surface area (Å²) in [6, 6.07) is 6.99. The van der Waals surface area contributed by atoms with Gasteiger partial charge in [-0.3, -0.25) is 24.1 Å². The quantitative estimate of drug-likeness (QED) is 0.771. The van der Waals surface area contributed by atoms with Crippen molar-refractivity contribution in [2.24, 2.45) is 0 Å². The molecule has 1 aromatic rings. The number of carbonyl (C=O) groups is 4. The van der Waals surface area contributed by atoms with E-state index in [4.69, 9.17) is 0 Å². The van der Waals surface area contributed by atoms with Crippen LogP contribution in [0.2, 0.25) is 0 Å². The van der Waals surface area contributed by atoms with Crippen LogP contribution >= 0.6 is 0 Å². The van der Waals surface area contributed by atoms with Gasteiger partial charge in [-0.1, -0.05) is 12.1 Å². The summed E-state index contributed by atoms with van der Waals surface area (Å²) in [5, 5.41) is 2.55. The second kappa shape index (κ2) is 7.72. The molecule has 1 heterocycles. The Morgan fingerprint density at radius 1 is 1.12 bits per heavy atom. The largest absolute Gasteiger partial charge is 0.355 e. The lowest BCUT2D eigenvalue weighted by Crippen LogP contribution is -2.34. The van der Waals surface area contributed by atoms with E-state index in [-0.39, 0.29) is 49.4 Å². The third kappa shape index (κ3) is 4.18. The molecule has 4 amide bonds. The van der Waals surface area contributed by atoms with E-state index in [1.165, 1.54) is 0 Å². The first-order valence-electron chi connectivity index (χ1n) is 7.80. The number of imide groups is 1. The molecule has 1 aliphatic heterocycles. The molecule has 7 nitrogen and oxygen atoms in total. The highest BCUT2D eigenvalue weighted by Gasteiger charge is 2.29. The van der Waals surface area contributed by atoms with Gasteiger partial charge in [0.05, 0.1) is 0 Å². The van der Waals surface area contributed by atoms with Gasteiger partial charge >= 0.3 is 0 Å². The lowest BCUT2D eigenvalue weighted by atomic mass is 10.1. The van der Waals surface area contributed by atoms with Gasteiger partial charge < -0.3 is 10.2 Å². The van der Waals surface area contributed by atoms with Crippen LogP contribution in [0.15, 0.2) is 24.3 Å². The summed E-state index contributed by atoms with van der Waals surface area (Å²) in [6.07, 6.45) is 0.589. The van der Waals surface area contributed by atoms with Crippen molar-refractivity contribution in [2.45, 2.75) is 25.8 Å². The van der Waals surface area contributed by atoms with Gasteiger partial charge in [-0.15, -0.1) is 0 Å². The second-order valence-electron chi connectivity index (χ2n) is 5.71. The van der Waals surface area contributed by atoms with E-state index in [1.807, 2.05) is 0 Å². The zero-order chi connectivity index (χ0) is 17.7. The number of likely N-dealkylation sites (tertiary alicyclic amines) is 1. The van der Waals surface area contributed by atoms with Gasteiger partial charge in [-0.25, -0.2) is 0 Å². The molecule has 0 radical (unpaired) electrons. The van der Waals surface area contributed by atoms with Crippen LogP contribution in [0.25, 0.3) is 0 Å². The summed E-state index contributed by atoms with van der Waals surface area (Å²) in [6.45, 7) is 0.533. The maximum absolute atomic E-state index is 12.2. The zero-order valence-corrected chi connectivity index (χ0v) is 13.9. The van der Waals surface area contributed by atoms with Crippen LogP contribution < -0.4 is 5.32 Å². The Hall–Kier alpha value is -2.70. The van der Waals surface area contributed by atoms with E-state index in [2.05, 4.69) is 5.32 Å². The van der Waals surface area contributed by atoms with Crippen LogP contribution in [0.3, 0.4) is 0 Å². The van der Waals surface area contributed by atoms with Gasteiger partial charge in [0.25, 0.3) is 5.91 Å². The van der Waals surface area contributed by atoms with Crippen LogP contribution in [0.1, 0.15) is 35.2 Å². The van der Waals surface area contributed by atoms with Crippen LogP contribution in [0.4, 0.5) is 0 Å². The third-order valence-corrected chi connectivity index (χ3v) is 3.99. The Kier molecular flexibility index (Phi) is 5.68. The predicted molar refractivity (Wildman–Crippen MR) is 86.9 cm³/mol. The van der Waals surface area contributed by atoms with E-state index in [0.29, 0.717) is 12.1 Å². The Labute approximate surface area is 140 Å². The summed E-state index contributed by atoms with van der Waals surface area (Å²) >= 11 is 0. The Bertz CT molecular complexity index is 638. The van der Waals surface area contributed by atoms with Gasteiger partial charge in [0, 0.05) is 52.0 Å². The monoisotopic (exact) mass is 331 g/mol. The number of nitrogens with zero attached hydrogens (tertiary/aromatic N) is 2. The minimum Gasteiger partial charge on any atom is -0.355 e. The fourth-order valence-corrected chi connectivity index (χ4v) is 2.54. The zero-order valence-electron chi connectivity index (χ0n) is 13.9. The van der Waals surface area contributed by atoms with Crippen LogP contribution in [0, 0.1) is 0 Å². The number of amides is 4. The number of nitrogens with one attached hydrogen (secondary N) is 1. The minimum atomic E-state index is -0.208. The van der Waals surface area contributed by atoms with Crippen molar-refractivity contribution in [3.05, 3.63) is 35.4 Å². The number of rotatable bonds is 6. The number of hydrogen-bond acceptors (Lipinski definition) is 4. The highest BCUT2D eigenvalue weighted by molar-refractivity contribution is 6.02. The lowest BCUT2D eigenvalue weighted by molar-refractivity contribution is -0.139. The van der Waals surface area contributed by atoms with Crippen molar-refractivity contribution >= 4 is 23.6 Å². The van der Waals surface area contributed by atoms with E-state index in [0.717, 1.165) is 10.5 Å².